The molecule has 0 bridgehead atoms. The molecule has 0 radical (unpaired) electrons. The highest BCUT2D eigenvalue weighted by Gasteiger charge is 2.32. The molecule has 2 N–H and O–H groups in total. The van der Waals surface area contributed by atoms with Gasteiger partial charge in [0.25, 0.3) is 11.5 Å². The Labute approximate surface area is 212 Å². The minimum absolute atomic E-state index is 0.0542. The molecule has 1 atom stereocenters. The molecule has 9 nitrogen and oxygen atoms in total. The van der Waals surface area contributed by atoms with Gasteiger partial charge in [-0.3, -0.25) is 19.1 Å². The van der Waals surface area contributed by atoms with Crippen molar-refractivity contribution in [3.63, 3.8) is 0 Å². The maximum Gasteiger partial charge on any atom is 0.339 e. The topological polar surface area (TPSA) is 111 Å². The molecule has 1 aliphatic rings. The maximum atomic E-state index is 13.1. The predicted octanol–water partition coefficient (Wildman–Crippen LogP) is 3.98. The number of benzene rings is 3. The Bertz CT molecular complexity index is 1590. The zero-order chi connectivity index (χ0) is 26.1. The van der Waals surface area contributed by atoms with E-state index in [-0.39, 0.29) is 29.1 Å². The van der Waals surface area contributed by atoms with E-state index in [0.29, 0.717) is 28.2 Å². The second-order valence-corrected chi connectivity index (χ2v) is 8.70. The van der Waals surface area contributed by atoms with Crippen LogP contribution in [-0.2, 0) is 16.6 Å². The number of esters is 1. The number of fused-ring (bicyclic) bond motifs is 1. The summed E-state index contributed by atoms with van der Waals surface area (Å²) in [6.07, 6.45) is -0.718. The third-order valence-electron chi connectivity index (χ3n) is 6.35. The Morgan fingerprint density at radius 2 is 1.65 bits per heavy atom. The van der Waals surface area contributed by atoms with Gasteiger partial charge in [-0.15, -0.1) is 0 Å². The number of carbonyl (C=O) groups excluding carboxylic acids is 3. The Hall–Kier alpha value is -4.92. The van der Waals surface area contributed by atoms with Crippen LogP contribution in [0.15, 0.2) is 83.7 Å². The molecule has 2 heterocycles. The standard InChI is InChI=1S/C28H24N4O5/c1-17-25(27(35)32(31(17)2)20-11-4-3-5-12-20)30-26(34)18-9-8-10-19(15-18)29-24(33)16-23-21-13-6-7-14-22(21)28(36)37-23/h3-15,23H,16H2,1-2H3,(H,29,33)(H,30,34)/t23-/m1/s1. The third kappa shape index (κ3) is 4.54. The lowest BCUT2D eigenvalue weighted by molar-refractivity contribution is -0.118. The number of hydrogen-bond acceptors (Lipinski definition) is 5. The van der Waals surface area contributed by atoms with Gasteiger partial charge in [0.1, 0.15) is 11.8 Å². The summed E-state index contributed by atoms with van der Waals surface area (Å²) in [5, 5.41) is 5.47. The molecule has 4 aromatic rings. The van der Waals surface area contributed by atoms with E-state index < -0.39 is 18.0 Å². The van der Waals surface area contributed by atoms with Crippen molar-refractivity contribution in [3.8, 4) is 5.69 Å². The monoisotopic (exact) mass is 496 g/mol. The number of cyclic esters (lactones) is 1. The van der Waals surface area contributed by atoms with Crippen LogP contribution in [0, 0.1) is 6.92 Å². The molecule has 0 saturated carbocycles. The molecule has 2 amide bonds. The van der Waals surface area contributed by atoms with Crippen LogP contribution in [0.4, 0.5) is 11.4 Å². The van der Waals surface area contributed by atoms with E-state index >= 15 is 0 Å². The molecule has 1 aliphatic heterocycles. The van der Waals surface area contributed by atoms with Gasteiger partial charge in [0.2, 0.25) is 5.91 Å². The number of anilines is 2. The first kappa shape index (κ1) is 23.8. The number of nitrogens with one attached hydrogen (secondary N) is 2. The smallest absolute Gasteiger partial charge is 0.339 e. The van der Waals surface area contributed by atoms with E-state index in [0.717, 1.165) is 0 Å². The first-order valence-electron chi connectivity index (χ1n) is 11.7. The summed E-state index contributed by atoms with van der Waals surface area (Å²) >= 11 is 0. The number of ether oxygens (including phenoxy) is 1. The van der Waals surface area contributed by atoms with Gasteiger partial charge in [-0.2, -0.15) is 0 Å². The van der Waals surface area contributed by atoms with E-state index in [1.165, 1.54) is 10.7 Å². The molecule has 37 heavy (non-hydrogen) atoms. The molecule has 0 spiro atoms. The zero-order valence-corrected chi connectivity index (χ0v) is 20.2. The number of para-hydroxylation sites is 1. The van der Waals surface area contributed by atoms with Crippen molar-refractivity contribution in [2.24, 2.45) is 7.05 Å². The van der Waals surface area contributed by atoms with Gasteiger partial charge in [-0.1, -0.05) is 42.5 Å². The number of aromatic nitrogens is 2. The quantitative estimate of drug-likeness (QED) is 0.392. The van der Waals surface area contributed by atoms with Crippen molar-refractivity contribution in [3.05, 3.63) is 112 Å². The van der Waals surface area contributed by atoms with Crippen LogP contribution in [0.5, 0.6) is 0 Å². The van der Waals surface area contributed by atoms with Crippen molar-refractivity contribution in [2.45, 2.75) is 19.4 Å². The normalized spacial score (nSPS) is 14.1. The van der Waals surface area contributed by atoms with Gasteiger partial charge >= 0.3 is 5.97 Å². The van der Waals surface area contributed by atoms with E-state index in [2.05, 4.69) is 10.6 Å². The Morgan fingerprint density at radius 3 is 2.43 bits per heavy atom. The maximum absolute atomic E-state index is 13.1. The number of amides is 2. The Morgan fingerprint density at radius 1 is 0.919 bits per heavy atom. The second kappa shape index (κ2) is 9.62. The Kier molecular flexibility index (Phi) is 6.19. The van der Waals surface area contributed by atoms with E-state index in [9.17, 15) is 19.2 Å². The number of nitrogens with zero attached hydrogens (tertiary/aromatic N) is 2. The van der Waals surface area contributed by atoms with Gasteiger partial charge in [0, 0.05) is 23.9 Å². The summed E-state index contributed by atoms with van der Waals surface area (Å²) in [4.78, 5) is 50.8. The van der Waals surface area contributed by atoms with Gasteiger partial charge in [-0.05, 0) is 43.3 Å². The second-order valence-electron chi connectivity index (χ2n) is 8.70. The summed E-state index contributed by atoms with van der Waals surface area (Å²) in [5.41, 5.74) is 2.91. The summed E-state index contributed by atoms with van der Waals surface area (Å²) in [7, 11) is 1.75. The fraction of sp³-hybridized carbons (Fsp3) is 0.143. The highest BCUT2D eigenvalue weighted by molar-refractivity contribution is 6.05. The van der Waals surface area contributed by atoms with Crippen molar-refractivity contribution in [1.82, 2.24) is 9.36 Å². The molecular formula is C28H24N4O5. The summed E-state index contributed by atoms with van der Waals surface area (Å²) in [6.45, 7) is 1.75. The minimum atomic E-state index is -0.664. The van der Waals surface area contributed by atoms with Crippen LogP contribution in [0.3, 0.4) is 0 Å². The van der Waals surface area contributed by atoms with E-state index in [4.69, 9.17) is 4.74 Å². The van der Waals surface area contributed by atoms with Crippen molar-refractivity contribution in [1.29, 1.82) is 0 Å². The first-order chi connectivity index (χ1) is 17.8. The zero-order valence-electron chi connectivity index (χ0n) is 20.2. The van der Waals surface area contributed by atoms with E-state index in [1.807, 2.05) is 30.3 Å². The summed E-state index contributed by atoms with van der Waals surface area (Å²) in [6, 6.07) is 22.5. The van der Waals surface area contributed by atoms with E-state index in [1.54, 1.807) is 61.1 Å². The van der Waals surface area contributed by atoms with Crippen LogP contribution in [0.2, 0.25) is 0 Å². The highest BCUT2D eigenvalue weighted by atomic mass is 16.5. The predicted molar refractivity (Wildman–Crippen MR) is 138 cm³/mol. The molecule has 0 unspecified atom stereocenters. The largest absolute Gasteiger partial charge is 0.453 e. The number of carbonyl (C=O) groups is 3. The first-order valence-corrected chi connectivity index (χ1v) is 11.7. The lowest BCUT2D eigenvalue weighted by atomic mass is 10.0. The fourth-order valence-electron chi connectivity index (χ4n) is 4.39. The van der Waals surface area contributed by atoms with Crippen molar-refractivity contribution < 1.29 is 19.1 Å². The molecular weight excluding hydrogens is 472 g/mol. The van der Waals surface area contributed by atoms with Crippen LogP contribution >= 0.6 is 0 Å². The van der Waals surface area contributed by atoms with Crippen LogP contribution in [0.25, 0.3) is 5.69 Å². The minimum Gasteiger partial charge on any atom is -0.453 e. The van der Waals surface area contributed by atoms with Gasteiger partial charge in [-0.25, -0.2) is 9.48 Å². The average Bonchev–Trinajstić information content (AvgIpc) is 3.32. The van der Waals surface area contributed by atoms with Crippen LogP contribution < -0.4 is 16.2 Å². The molecule has 9 heteroatoms. The summed E-state index contributed by atoms with van der Waals surface area (Å²) in [5.74, 6) is -1.30. The van der Waals surface area contributed by atoms with Gasteiger partial charge < -0.3 is 15.4 Å². The SMILES string of the molecule is Cc1c(NC(=O)c2cccc(NC(=O)C[C@H]3OC(=O)c4ccccc43)c2)c(=O)n(-c2ccccc2)n1C. The fourth-order valence-corrected chi connectivity index (χ4v) is 4.39. The molecule has 0 aliphatic carbocycles. The molecule has 0 saturated heterocycles. The molecule has 186 valence electrons. The Balaban J connectivity index is 1.30. The summed E-state index contributed by atoms with van der Waals surface area (Å²) < 4.78 is 8.50. The number of hydrogen-bond donors (Lipinski definition) is 2. The average molecular weight is 497 g/mol. The molecule has 3 aromatic carbocycles. The lowest BCUT2D eigenvalue weighted by Crippen LogP contribution is -2.23. The van der Waals surface area contributed by atoms with Gasteiger partial charge in [0.15, 0.2) is 0 Å². The van der Waals surface area contributed by atoms with Crippen molar-refractivity contribution >= 4 is 29.2 Å². The molecule has 5 rings (SSSR count). The van der Waals surface area contributed by atoms with Crippen LogP contribution in [-0.4, -0.2) is 27.1 Å². The third-order valence-corrected chi connectivity index (χ3v) is 6.35. The van der Waals surface area contributed by atoms with Gasteiger partial charge in [0.05, 0.1) is 23.4 Å². The molecule has 0 fully saturated rings. The highest BCUT2D eigenvalue weighted by Crippen LogP contribution is 2.33. The molecule has 1 aromatic heterocycles. The lowest BCUT2D eigenvalue weighted by Gasteiger charge is -2.12. The van der Waals surface area contributed by atoms with Crippen molar-refractivity contribution in [2.75, 3.05) is 10.6 Å². The van der Waals surface area contributed by atoms with Crippen LogP contribution in [0.1, 0.15) is 44.5 Å². The number of rotatable bonds is 6.